The lowest BCUT2D eigenvalue weighted by atomic mass is 9.42. The summed E-state index contributed by atoms with van der Waals surface area (Å²) in [5.41, 5.74) is 4.79. The van der Waals surface area contributed by atoms with E-state index in [9.17, 15) is 9.90 Å². The topological polar surface area (TPSA) is 64.9 Å². The van der Waals surface area contributed by atoms with Gasteiger partial charge in [0.05, 0.1) is 12.5 Å². The van der Waals surface area contributed by atoms with Crippen LogP contribution in [0, 0.1) is 22.7 Å². The Morgan fingerprint density at radius 3 is 2.33 bits per heavy atom. The largest absolute Gasteiger partial charge is 1.00 e. The summed E-state index contributed by atoms with van der Waals surface area (Å²) in [6, 6.07) is 0.474. The van der Waals surface area contributed by atoms with Gasteiger partial charge in [0, 0.05) is 5.41 Å². The first-order valence-electron chi connectivity index (χ1n) is 6.98. The van der Waals surface area contributed by atoms with E-state index in [-0.39, 0.29) is 17.8 Å². The fourth-order valence-electron chi connectivity index (χ4n) is 5.63. The standard InChI is InChI=1S/C14H23NO2.ClH/c1-9(15)14-5-10-2-11(6-14)4-13(3-10,8-14)7-12(16)17;/h9-11H,2-8,15H2,1H3,(H,16,17);1H. The molecule has 0 aromatic rings. The molecular weight excluding hydrogens is 250 g/mol. The van der Waals surface area contributed by atoms with Gasteiger partial charge in [-0.05, 0) is 62.7 Å². The molecule has 3 unspecified atom stereocenters. The lowest BCUT2D eigenvalue weighted by molar-refractivity contribution is -0.454. The smallest absolute Gasteiger partial charge is 0.303 e. The number of carbonyl (C=O) groups is 1. The quantitative estimate of drug-likeness (QED) is 0.670. The number of hydrogen-bond donors (Lipinski definition) is 2. The molecule has 0 spiro atoms. The monoisotopic (exact) mass is 273 g/mol. The Hall–Kier alpha value is -0.280. The third kappa shape index (κ3) is 2.05. The van der Waals surface area contributed by atoms with Crippen LogP contribution in [0.3, 0.4) is 0 Å². The summed E-state index contributed by atoms with van der Waals surface area (Å²) < 4.78 is 0. The van der Waals surface area contributed by atoms with E-state index < -0.39 is 5.97 Å². The highest BCUT2D eigenvalue weighted by atomic mass is 35.5. The minimum absolute atomic E-state index is 0. The second-order valence-corrected chi connectivity index (χ2v) is 7.29. The number of rotatable bonds is 3. The van der Waals surface area contributed by atoms with Crippen molar-refractivity contribution in [3.05, 3.63) is 0 Å². The summed E-state index contributed by atoms with van der Waals surface area (Å²) in [4.78, 5) is 11.1. The van der Waals surface area contributed by atoms with Crippen molar-refractivity contribution < 1.29 is 28.0 Å². The van der Waals surface area contributed by atoms with Gasteiger partial charge >= 0.3 is 5.97 Å². The van der Waals surface area contributed by atoms with E-state index in [0.717, 1.165) is 18.3 Å². The molecular formula is C14H24ClNO2. The van der Waals surface area contributed by atoms with Crippen molar-refractivity contribution in [1.82, 2.24) is 0 Å². The van der Waals surface area contributed by atoms with Gasteiger partial charge in [-0.25, -0.2) is 0 Å². The molecule has 3 nitrogen and oxygen atoms in total. The lowest BCUT2D eigenvalue weighted by Crippen LogP contribution is -3.00. The second kappa shape index (κ2) is 4.38. The van der Waals surface area contributed by atoms with Gasteiger partial charge in [-0.15, -0.1) is 0 Å². The zero-order valence-electron chi connectivity index (χ0n) is 11.1. The maximum atomic E-state index is 11.1. The third-order valence-electron chi connectivity index (χ3n) is 5.80. The van der Waals surface area contributed by atoms with E-state index in [1.807, 2.05) is 0 Å². The number of carboxylic acids is 1. The molecule has 4 fully saturated rings. The maximum Gasteiger partial charge on any atom is 0.303 e. The minimum atomic E-state index is -0.598. The molecule has 4 N–H and O–H groups in total. The van der Waals surface area contributed by atoms with Gasteiger partial charge in [0.15, 0.2) is 0 Å². The van der Waals surface area contributed by atoms with Crippen molar-refractivity contribution in [2.75, 3.05) is 0 Å². The first-order valence-corrected chi connectivity index (χ1v) is 6.98. The molecule has 0 heterocycles. The molecule has 4 saturated carbocycles. The Morgan fingerprint density at radius 1 is 1.33 bits per heavy atom. The minimum Gasteiger partial charge on any atom is -1.00 e. The molecule has 4 bridgehead atoms. The molecule has 0 radical (unpaired) electrons. The number of carboxylic acid groups (broad SMARTS) is 1. The van der Waals surface area contributed by atoms with Gasteiger partial charge in [-0.1, -0.05) is 0 Å². The van der Waals surface area contributed by atoms with Crippen LogP contribution in [-0.2, 0) is 4.79 Å². The van der Waals surface area contributed by atoms with Crippen LogP contribution in [0.4, 0.5) is 0 Å². The molecule has 4 heteroatoms. The van der Waals surface area contributed by atoms with Crippen LogP contribution in [0.5, 0.6) is 0 Å². The molecule has 0 aromatic heterocycles. The molecule has 3 atom stereocenters. The normalized spacial score (nSPS) is 46.6. The van der Waals surface area contributed by atoms with E-state index >= 15 is 0 Å². The highest BCUT2D eigenvalue weighted by Gasteiger charge is 2.60. The van der Waals surface area contributed by atoms with Crippen LogP contribution in [0.1, 0.15) is 51.9 Å². The molecule has 4 aliphatic carbocycles. The van der Waals surface area contributed by atoms with E-state index in [4.69, 9.17) is 0 Å². The average Bonchev–Trinajstić information content (AvgIpc) is 2.12. The second-order valence-electron chi connectivity index (χ2n) is 7.29. The molecule has 0 aliphatic heterocycles. The fraction of sp³-hybridized carbons (Fsp3) is 0.929. The van der Waals surface area contributed by atoms with Gasteiger partial charge < -0.3 is 23.2 Å². The molecule has 4 rings (SSSR count). The average molecular weight is 274 g/mol. The number of halogens is 1. The van der Waals surface area contributed by atoms with E-state index in [2.05, 4.69) is 12.7 Å². The van der Waals surface area contributed by atoms with Crippen molar-refractivity contribution in [2.45, 2.75) is 57.9 Å². The highest BCUT2D eigenvalue weighted by Crippen LogP contribution is 2.66. The van der Waals surface area contributed by atoms with E-state index in [0.29, 0.717) is 17.9 Å². The molecule has 0 saturated heterocycles. The predicted molar refractivity (Wildman–Crippen MR) is 64.2 cm³/mol. The van der Waals surface area contributed by atoms with Crippen molar-refractivity contribution in [2.24, 2.45) is 22.7 Å². The summed E-state index contributed by atoms with van der Waals surface area (Å²) in [7, 11) is 0. The Balaban J connectivity index is 0.00000120. The molecule has 18 heavy (non-hydrogen) atoms. The van der Waals surface area contributed by atoms with Crippen molar-refractivity contribution in [3.8, 4) is 0 Å². The van der Waals surface area contributed by atoms with Gasteiger partial charge in [0.1, 0.15) is 0 Å². The summed E-state index contributed by atoms with van der Waals surface area (Å²) in [6.07, 6.45) is 7.86. The molecule has 4 aliphatic rings. The fourth-order valence-corrected chi connectivity index (χ4v) is 5.63. The third-order valence-corrected chi connectivity index (χ3v) is 5.80. The van der Waals surface area contributed by atoms with Crippen molar-refractivity contribution in [3.63, 3.8) is 0 Å². The maximum absolute atomic E-state index is 11.1. The lowest BCUT2D eigenvalue weighted by Gasteiger charge is -2.62. The van der Waals surface area contributed by atoms with E-state index in [1.54, 1.807) is 0 Å². The van der Waals surface area contributed by atoms with Crippen LogP contribution in [-0.4, -0.2) is 17.1 Å². The molecule has 0 aromatic carbocycles. The summed E-state index contributed by atoms with van der Waals surface area (Å²) in [6.45, 7) is 2.24. The first-order chi connectivity index (χ1) is 7.93. The Morgan fingerprint density at radius 2 is 1.89 bits per heavy atom. The van der Waals surface area contributed by atoms with E-state index in [1.165, 1.54) is 32.1 Å². The highest BCUT2D eigenvalue weighted by molar-refractivity contribution is 5.67. The van der Waals surface area contributed by atoms with Crippen LogP contribution in [0.25, 0.3) is 0 Å². The van der Waals surface area contributed by atoms with Crippen LogP contribution < -0.4 is 18.1 Å². The molecule has 0 amide bonds. The Labute approximate surface area is 115 Å². The zero-order chi connectivity index (χ0) is 12.3. The summed E-state index contributed by atoms with van der Waals surface area (Å²) in [5, 5.41) is 9.18. The Bertz CT molecular complexity index is 342. The molecule has 104 valence electrons. The van der Waals surface area contributed by atoms with Crippen molar-refractivity contribution >= 4 is 5.97 Å². The van der Waals surface area contributed by atoms with Crippen LogP contribution in [0.2, 0.25) is 0 Å². The number of quaternary nitrogens is 1. The summed E-state index contributed by atoms with van der Waals surface area (Å²) in [5.74, 6) is 0.985. The SMILES string of the molecule is CC([NH3+])C12CC3CC(CC(CC(=O)O)(C3)C1)C2.[Cl-]. The number of aliphatic carboxylic acids is 1. The first kappa shape index (κ1) is 14.1. The van der Waals surface area contributed by atoms with Gasteiger partial charge in [0.2, 0.25) is 0 Å². The zero-order valence-corrected chi connectivity index (χ0v) is 11.9. The van der Waals surface area contributed by atoms with Crippen molar-refractivity contribution in [1.29, 1.82) is 0 Å². The van der Waals surface area contributed by atoms with Crippen LogP contribution in [0.15, 0.2) is 0 Å². The van der Waals surface area contributed by atoms with Gasteiger partial charge in [0.25, 0.3) is 0 Å². The van der Waals surface area contributed by atoms with Gasteiger partial charge in [-0.3, -0.25) is 4.79 Å². The van der Waals surface area contributed by atoms with Gasteiger partial charge in [-0.2, -0.15) is 0 Å². The number of hydrogen-bond acceptors (Lipinski definition) is 1. The Kier molecular flexibility index (Phi) is 3.44. The summed E-state index contributed by atoms with van der Waals surface area (Å²) >= 11 is 0. The van der Waals surface area contributed by atoms with Crippen LogP contribution >= 0.6 is 0 Å². The predicted octanol–water partition coefficient (Wildman–Crippen LogP) is -1.32.